The summed E-state index contributed by atoms with van der Waals surface area (Å²) >= 11 is 0. The highest BCUT2D eigenvalue weighted by Gasteiger charge is 2.38. The molecule has 0 aliphatic heterocycles. The van der Waals surface area contributed by atoms with Gasteiger partial charge in [-0.05, 0) is 30.9 Å². The predicted octanol–water partition coefficient (Wildman–Crippen LogP) is 3.98. The van der Waals surface area contributed by atoms with Gasteiger partial charge in [-0.25, -0.2) is 0 Å². The number of benzene rings is 1. The number of aryl methyl sites for hydroxylation is 1. The SMILES string of the molecule is CCc1ccccc1-n1c(O)c2c(c1O)C1C=CC2CC1. The summed E-state index contributed by atoms with van der Waals surface area (Å²) in [5.41, 5.74) is 3.86. The molecule has 108 valence electrons. The van der Waals surface area contributed by atoms with Crippen LogP contribution < -0.4 is 0 Å². The van der Waals surface area contributed by atoms with Crippen molar-refractivity contribution in [3.63, 3.8) is 0 Å². The number of rotatable bonds is 2. The van der Waals surface area contributed by atoms with Crippen LogP contribution in [0.1, 0.15) is 48.3 Å². The van der Waals surface area contributed by atoms with E-state index < -0.39 is 0 Å². The Morgan fingerprint density at radius 1 is 1.00 bits per heavy atom. The van der Waals surface area contributed by atoms with Gasteiger partial charge in [0.1, 0.15) is 0 Å². The Kier molecular flexibility index (Phi) is 2.64. The van der Waals surface area contributed by atoms with Gasteiger partial charge in [-0.2, -0.15) is 0 Å². The molecule has 5 rings (SSSR count). The Bertz CT molecular complexity index is 704. The lowest BCUT2D eigenvalue weighted by molar-refractivity contribution is 0.398. The van der Waals surface area contributed by atoms with Crippen LogP contribution in [0.4, 0.5) is 0 Å². The smallest absolute Gasteiger partial charge is 0.202 e. The second kappa shape index (κ2) is 4.42. The van der Waals surface area contributed by atoms with E-state index in [2.05, 4.69) is 19.1 Å². The molecule has 1 aromatic carbocycles. The average Bonchev–Trinajstić information content (AvgIpc) is 2.82. The number of aromatic nitrogens is 1. The summed E-state index contributed by atoms with van der Waals surface area (Å²) in [5, 5.41) is 21.4. The minimum absolute atomic E-state index is 0.211. The fraction of sp³-hybridized carbons (Fsp3) is 0.333. The highest BCUT2D eigenvalue weighted by Crippen LogP contribution is 2.54. The molecule has 2 aromatic rings. The Balaban J connectivity index is 1.99. The van der Waals surface area contributed by atoms with E-state index in [1.165, 1.54) is 0 Å². The lowest BCUT2D eigenvalue weighted by Crippen LogP contribution is -2.15. The first-order chi connectivity index (χ1) is 10.2. The average molecular weight is 281 g/mol. The van der Waals surface area contributed by atoms with Crippen molar-refractivity contribution in [3.05, 3.63) is 53.1 Å². The molecular weight excluding hydrogens is 262 g/mol. The molecule has 0 amide bonds. The summed E-state index contributed by atoms with van der Waals surface area (Å²) in [5.74, 6) is 0.904. The molecule has 1 heterocycles. The minimum Gasteiger partial charge on any atom is -0.494 e. The predicted molar refractivity (Wildman–Crippen MR) is 82.3 cm³/mol. The van der Waals surface area contributed by atoms with E-state index in [0.29, 0.717) is 0 Å². The van der Waals surface area contributed by atoms with E-state index in [-0.39, 0.29) is 23.6 Å². The van der Waals surface area contributed by atoms with Crippen LogP contribution in [-0.2, 0) is 6.42 Å². The van der Waals surface area contributed by atoms with Gasteiger partial charge in [0.25, 0.3) is 0 Å². The zero-order valence-corrected chi connectivity index (χ0v) is 12.1. The first kappa shape index (κ1) is 12.6. The van der Waals surface area contributed by atoms with Crippen molar-refractivity contribution in [2.45, 2.75) is 38.0 Å². The van der Waals surface area contributed by atoms with Gasteiger partial charge >= 0.3 is 0 Å². The van der Waals surface area contributed by atoms with Gasteiger partial charge in [-0.3, -0.25) is 4.57 Å². The second-order valence-electron chi connectivity index (χ2n) is 5.97. The lowest BCUT2D eigenvalue weighted by Gasteiger charge is -2.30. The molecule has 0 saturated heterocycles. The number of aromatic hydroxyl groups is 2. The number of para-hydroxylation sites is 1. The van der Waals surface area contributed by atoms with Gasteiger partial charge in [-0.15, -0.1) is 0 Å². The summed E-state index contributed by atoms with van der Waals surface area (Å²) in [6.07, 6.45) is 7.32. The van der Waals surface area contributed by atoms with Crippen molar-refractivity contribution in [1.82, 2.24) is 4.57 Å². The maximum absolute atomic E-state index is 10.7. The number of nitrogens with zero attached hydrogens (tertiary/aromatic N) is 1. The summed E-state index contributed by atoms with van der Waals surface area (Å²) in [6.45, 7) is 2.08. The van der Waals surface area contributed by atoms with Crippen LogP contribution >= 0.6 is 0 Å². The maximum Gasteiger partial charge on any atom is 0.202 e. The van der Waals surface area contributed by atoms with Crippen LogP contribution in [0.15, 0.2) is 36.4 Å². The second-order valence-corrected chi connectivity index (χ2v) is 5.97. The Labute approximate surface area is 124 Å². The van der Waals surface area contributed by atoms with E-state index in [1.807, 2.05) is 24.3 Å². The van der Waals surface area contributed by atoms with Gasteiger partial charge in [0, 0.05) is 23.0 Å². The molecule has 3 aliphatic rings. The molecule has 0 saturated carbocycles. The zero-order chi connectivity index (χ0) is 14.6. The van der Waals surface area contributed by atoms with Crippen LogP contribution in [0.25, 0.3) is 5.69 Å². The van der Waals surface area contributed by atoms with E-state index in [9.17, 15) is 10.2 Å². The molecule has 0 fully saturated rings. The lowest BCUT2D eigenvalue weighted by atomic mass is 9.73. The number of hydrogen-bond donors (Lipinski definition) is 2. The van der Waals surface area contributed by atoms with E-state index in [0.717, 1.165) is 41.6 Å². The van der Waals surface area contributed by atoms with E-state index in [4.69, 9.17) is 0 Å². The Morgan fingerprint density at radius 3 is 2.10 bits per heavy atom. The van der Waals surface area contributed by atoms with E-state index in [1.54, 1.807) is 4.57 Å². The van der Waals surface area contributed by atoms with Crippen molar-refractivity contribution in [2.75, 3.05) is 0 Å². The fourth-order valence-corrected chi connectivity index (χ4v) is 3.87. The fourth-order valence-electron chi connectivity index (χ4n) is 3.87. The molecule has 2 unspecified atom stereocenters. The van der Waals surface area contributed by atoms with Gasteiger partial charge < -0.3 is 10.2 Å². The normalized spacial score (nSPS) is 22.5. The standard InChI is InChI=1S/C18H19NO2/c1-2-11-5-3-4-6-14(11)19-17(20)15-12-7-8-13(10-9-12)16(15)18(19)21/h3-8,12-13,20-21H,2,9-10H2,1H3. The highest BCUT2D eigenvalue weighted by atomic mass is 16.3. The third-order valence-corrected chi connectivity index (χ3v) is 4.91. The van der Waals surface area contributed by atoms with E-state index >= 15 is 0 Å². The Hall–Kier alpha value is -2.16. The van der Waals surface area contributed by atoms with Gasteiger partial charge in [0.2, 0.25) is 11.8 Å². The molecule has 1 aromatic heterocycles. The molecule has 0 spiro atoms. The van der Waals surface area contributed by atoms with Crippen LogP contribution in [-0.4, -0.2) is 14.8 Å². The minimum atomic E-state index is 0.211. The van der Waals surface area contributed by atoms with Crippen LogP contribution in [0, 0.1) is 0 Å². The molecular formula is C18H19NO2. The number of allylic oxidation sites excluding steroid dienone is 2. The molecule has 2 bridgehead atoms. The third kappa shape index (κ3) is 1.60. The van der Waals surface area contributed by atoms with Crippen LogP contribution in [0.2, 0.25) is 0 Å². The Morgan fingerprint density at radius 2 is 1.57 bits per heavy atom. The summed E-state index contributed by atoms with van der Waals surface area (Å²) in [4.78, 5) is 0. The summed E-state index contributed by atoms with van der Waals surface area (Å²) in [6, 6.07) is 7.93. The zero-order valence-electron chi connectivity index (χ0n) is 12.1. The maximum atomic E-state index is 10.7. The topological polar surface area (TPSA) is 45.4 Å². The van der Waals surface area contributed by atoms with Crippen LogP contribution in [0.3, 0.4) is 0 Å². The van der Waals surface area contributed by atoms with Crippen molar-refractivity contribution >= 4 is 0 Å². The van der Waals surface area contributed by atoms with Crippen molar-refractivity contribution < 1.29 is 10.2 Å². The van der Waals surface area contributed by atoms with Crippen molar-refractivity contribution in [2.24, 2.45) is 0 Å². The van der Waals surface area contributed by atoms with Crippen molar-refractivity contribution in [3.8, 4) is 17.4 Å². The first-order valence-corrected chi connectivity index (χ1v) is 7.65. The quantitative estimate of drug-likeness (QED) is 0.818. The summed E-state index contributed by atoms with van der Waals surface area (Å²) in [7, 11) is 0. The largest absolute Gasteiger partial charge is 0.494 e. The highest BCUT2D eigenvalue weighted by molar-refractivity contribution is 5.61. The number of fused-ring (bicyclic) bond motifs is 1. The van der Waals surface area contributed by atoms with Crippen LogP contribution in [0.5, 0.6) is 11.8 Å². The molecule has 2 atom stereocenters. The molecule has 3 aliphatic carbocycles. The first-order valence-electron chi connectivity index (χ1n) is 7.65. The molecule has 3 nitrogen and oxygen atoms in total. The van der Waals surface area contributed by atoms with Gasteiger partial charge in [-0.1, -0.05) is 37.3 Å². The molecule has 2 N–H and O–H groups in total. The molecule has 3 heteroatoms. The van der Waals surface area contributed by atoms with Gasteiger partial charge in [0.15, 0.2) is 0 Å². The van der Waals surface area contributed by atoms with Crippen molar-refractivity contribution in [1.29, 1.82) is 0 Å². The third-order valence-electron chi connectivity index (χ3n) is 4.91. The molecule has 21 heavy (non-hydrogen) atoms. The van der Waals surface area contributed by atoms with Gasteiger partial charge in [0.05, 0.1) is 5.69 Å². The monoisotopic (exact) mass is 281 g/mol. The molecule has 0 radical (unpaired) electrons. The number of hydrogen-bond acceptors (Lipinski definition) is 2. The summed E-state index contributed by atoms with van der Waals surface area (Å²) < 4.78 is 1.63.